The molecule has 1 aromatic heterocycles. The van der Waals surface area contributed by atoms with Crippen molar-refractivity contribution in [3.8, 4) is 0 Å². The van der Waals surface area contributed by atoms with Crippen LogP contribution in [0.2, 0.25) is 0 Å². The number of rotatable bonds is 5. The van der Waals surface area contributed by atoms with E-state index in [4.69, 9.17) is 10.5 Å². The fourth-order valence-corrected chi connectivity index (χ4v) is 6.48. The van der Waals surface area contributed by atoms with Crippen molar-refractivity contribution in [3.63, 3.8) is 0 Å². The molecule has 3 fully saturated rings. The first kappa shape index (κ1) is 19.7. The van der Waals surface area contributed by atoms with Crippen LogP contribution in [-0.4, -0.2) is 42.0 Å². The van der Waals surface area contributed by atoms with E-state index in [1.54, 1.807) is 6.20 Å². The molecule has 2 saturated carbocycles. The molecule has 5 heteroatoms. The number of fused-ring (bicyclic) bond motifs is 2. The van der Waals surface area contributed by atoms with Crippen LogP contribution in [0.1, 0.15) is 59.6 Å². The van der Waals surface area contributed by atoms with Crippen LogP contribution in [0.25, 0.3) is 0 Å². The van der Waals surface area contributed by atoms with Crippen molar-refractivity contribution in [2.45, 2.75) is 49.7 Å². The SMILES string of the molecule is COC1(c2ccnc(C(N)=O)c2)[C@@H]2CCC[C@H]1CN([C@@H]1CC[C@@H]1c1ccccc1)C2. The van der Waals surface area contributed by atoms with Gasteiger partial charge < -0.3 is 10.5 Å². The quantitative estimate of drug-likeness (QED) is 0.824. The molecule has 2 aliphatic carbocycles. The van der Waals surface area contributed by atoms with Crippen LogP contribution in [0, 0.1) is 11.8 Å². The predicted octanol–water partition coefficient (Wildman–Crippen LogP) is 3.70. The molecule has 158 valence electrons. The molecule has 1 amide bonds. The zero-order valence-electron chi connectivity index (χ0n) is 17.7. The summed E-state index contributed by atoms with van der Waals surface area (Å²) in [5.41, 5.74) is 8.03. The molecule has 1 aromatic carbocycles. The lowest BCUT2D eigenvalue weighted by Gasteiger charge is -2.58. The molecule has 5 nitrogen and oxygen atoms in total. The van der Waals surface area contributed by atoms with E-state index < -0.39 is 5.91 Å². The number of nitrogens with two attached hydrogens (primary N) is 1. The fourth-order valence-electron chi connectivity index (χ4n) is 6.48. The van der Waals surface area contributed by atoms with Gasteiger partial charge in [-0.3, -0.25) is 14.7 Å². The molecule has 5 rings (SSSR count). The first-order valence-corrected chi connectivity index (χ1v) is 11.2. The summed E-state index contributed by atoms with van der Waals surface area (Å²) in [5.74, 6) is 0.987. The Labute approximate surface area is 178 Å². The van der Waals surface area contributed by atoms with Gasteiger partial charge in [0.2, 0.25) is 0 Å². The van der Waals surface area contributed by atoms with E-state index >= 15 is 0 Å². The lowest BCUT2D eigenvalue weighted by molar-refractivity contribution is -0.179. The second-order valence-corrected chi connectivity index (χ2v) is 9.23. The van der Waals surface area contributed by atoms with Crippen LogP contribution in [-0.2, 0) is 10.3 Å². The summed E-state index contributed by atoms with van der Waals surface area (Å²) in [4.78, 5) is 18.6. The lowest BCUT2D eigenvalue weighted by atomic mass is 9.61. The molecule has 30 heavy (non-hydrogen) atoms. The van der Waals surface area contributed by atoms with E-state index in [0.717, 1.165) is 31.5 Å². The molecule has 1 unspecified atom stereocenters. The second kappa shape index (κ2) is 7.78. The molecule has 1 aliphatic heterocycles. The Balaban J connectivity index is 1.44. The number of likely N-dealkylation sites (tertiary alicyclic amines) is 1. The standard InChI is InChI=1S/C25H31N3O2/c1-30-25(18-12-13-27-22(14-18)24(26)29)19-8-5-9-20(25)16-28(15-19)23-11-10-21(23)17-6-3-2-4-7-17/h2-4,6-7,12-14,19-21,23H,5,8-11,15-16H2,1H3,(H2,26,29)/t19-,20+,21-,23-,25?/m1/s1. The van der Waals surface area contributed by atoms with Gasteiger partial charge in [-0.2, -0.15) is 0 Å². The highest BCUT2D eigenvalue weighted by molar-refractivity contribution is 5.90. The Kier molecular flexibility index (Phi) is 5.11. The number of hydrogen-bond acceptors (Lipinski definition) is 4. The first-order chi connectivity index (χ1) is 14.6. The number of amides is 1. The zero-order valence-corrected chi connectivity index (χ0v) is 17.7. The molecule has 2 N–H and O–H groups in total. The Hall–Kier alpha value is -2.24. The van der Waals surface area contributed by atoms with Gasteiger partial charge in [0.15, 0.2) is 0 Å². The molecule has 2 aromatic rings. The van der Waals surface area contributed by atoms with Gasteiger partial charge in [-0.15, -0.1) is 0 Å². The number of benzene rings is 1. The van der Waals surface area contributed by atoms with Crippen LogP contribution in [0.5, 0.6) is 0 Å². The van der Waals surface area contributed by atoms with Crippen LogP contribution in [0.4, 0.5) is 0 Å². The van der Waals surface area contributed by atoms with Crippen molar-refractivity contribution >= 4 is 5.91 Å². The third-order valence-corrected chi connectivity index (χ3v) is 7.96. The predicted molar refractivity (Wildman–Crippen MR) is 116 cm³/mol. The third-order valence-electron chi connectivity index (χ3n) is 7.96. The molecule has 0 radical (unpaired) electrons. The molecule has 3 aliphatic rings. The number of aromatic nitrogens is 1. The van der Waals surface area contributed by atoms with Crippen LogP contribution in [0.15, 0.2) is 48.7 Å². The topological polar surface area (TPSA) is 68.5 Å². The smallest absolute Gasteiger partial charge is 0.267 e. The zero-order chi connectivity index (χ0) is 20.7. The summed E-state index contributed by atoms with van der Waals surface area (Å²) in [6.07, 6.45) is 7.81. The third kappa shape index (κ3) is 3.07. The van der Waals surface area contributed by atoms with Gasteiger partial charge in [-0.1, -0.05) is 36.8 Å². The maximum Gasteiger partial charge on any atom is 0.267 e. The molecule has 2 bridgehead atoms. The van der Waals surface area contributed by atoms with Crippen molar-refractivity contribution in [2.75, 3.05) is 20.2 Å². The average molecular weight is 406 g/mol. The number of carbonyl (C=O) groups excluding carboxylic acids is 1. The van der Waals surface area contributed by atoms with Crippen LogP contribution < -0.4 is 5.73 Å². The summed E-state index contributed by atoms with van der Waals surface area (Å²) in [6, 6.07) is 15.5. The number of methoxy groups -OCH3 is 1. The summed E-state index contributed by atoms with van der Waals surface area (Å²) in [6.45, 7) is 2.10. The number of piperidine rings is 1. The highest BCUT2D eigenvalue weighted by Crippen LogP contribution is 2.53. The maximum atomic E-state index is 11.7. The molecular formula is C25H31N3O2. The number of ether oxygens (including phenoxy) is 1. The maximum absolute atomic E-state index is 11.7. The van der Waals surface area contributed by atoms with E-state index in [0.29, 0.717) is 29.5 Å². The number of nitrogens with zero attached hydrogens (tertiary/aromatic N) is 2. The number of primary amides is 1. The minimum absolute atomic E-state index is 0.326. The summed E-state index contributed by atoms with van der Waals surface area (Å²) in [5, 5.41) is 0. The van der Waals surface area contributed by atoms with Crippen LogP contribution >= 0.6 is 0 Å². The summed E-state index contributed by atoms with van der Waals surface area (Å²) < 4.78 is 6.35. The summed E-state index contributed by atoms with van der Waals surface area (Å²) in [7, 11) is 1.83. The van der Waals surface area contributed by atoms with E-state index in [1.165, 1.54) is 24.8 Å². The highest BCUT2D eigenvalue weighted by Gasteiger charge is 2.55. The minimum Gasteiger partial charge on any atom is -0.373 e. The summed E-state index contributed by atoms with van der Waals surface area (Å²) >= 11 is 0. The normalized spacial score (nSPS) is 33.6. The molecule has 5 atom stereocenters. The van der Waals surface area contributed by atoms with Crippen molar-refractivity contribution in [2.24, 2.45) is 17.6 Å². The Morgan fingerprint density at radius 2 is 1.83 bits per heavy atom. The Morgan fingerprint density at radius 3 is 2.43 bits per heavy atom. The van der Waals surface area contributed by atoms with Gasteiger partial charge in [0, 0.05) is 44.3 Å². The Morgan fingerprint density at radius 1 is 1.10 bits per heavy atom. The number of carbonyl (C=O) groups is 1. The van der Waals surface area contributed by atoms with Gasteiger partial charge in [0.05, 0.1) is 0 Å². The van der Waals surface area contributed by atoms with E-state index in [1.807, 2.05) is 19.2 Å². The first-order valence-electron chi connectivity index (χ1n) is 11.2. The Bertz CT molecular complexity index is 902. The van der Waals surface area contributed by atoms with Crippen molar-refractivity contribution in [3.05, 3.63) is 65.5 Å². The van der Waals surface area contributed by atoms with E-state index in [-0.39, 0.29) is 5.60 Å². The largest absolute Gasteiger partial charge is 0.373 e. The number of hydrogen-bond donors (Lipinski definition) is 1. The van der Waals surface area contributed by atoms with Crippen LogP contribution in [0.3, 0.4) is 0 Å². The molecular weight excluding hydrogens is 374 g/mol. The van der Waals surface area contributed by atoms with Gasteiger partial charge >= 0.3 is 0 Å². The number of pyridine rings is 1. The second-order valence-electron chi connectivity index (χ2n) is 9.23. The fraction of sp³-hybridized carbons (Fsp3) is 0.520. The van der Waals surface area contributed by atoms with Crippen molar-refractivity contribution in [1.82, 2.24) is 9.88 Å². The van der Waals surface area contributed by atoms with E-state index in [9.17, 15) is 4.79 Å². The van der Waals surface area contributed by atoms with Crippen molar-refractivity contribution < 1.29 is 9.53 Å². The monoisotopic (exact) mass is 405 g/mol. The average Bonchev–Trinajstić information content (AvgIpc) is 2.73. The van der Waals surface area contributed by atoms with Gasteiger partial charge in [-0.25, -0.2) is 0 Å². The molecule has 0 spiro atoms. The highest BCUT2D eigenvalue weighted by atomic mass is 16.5. The van der Waals surface area contributed by atoms with Crippen molar-refractivity contribution in [1.29, 1.82) is 0 Å². The minimum atomic E-state index is -0.481. The van der Waals surface area contributed by atoms with Gasteiger partial charge in [0.25, 0.3) is 5.91 Å². The molecule has 2 heterocycles. The molecule has 1 saturated heterocycles. The van der Waals surface area contributed by atoms with E-state index in [2.05, 4.69) is 40.2 Å². The van der Waals surface area contributed by atoms with Gasteiger partial charge in [0.1, 0.15) is 11.3 Å². The lowest BCUT2D eigenvalue weighted by Crippen LogP contribution is -2.62. The van der Waals surface area contributed by atoms with Gasteiger partial charge in [-0.05, 0) is 54.9 Å².